The zero-order chi connectivity index (χ0) is 15.5. The fourth-order valence-electron chi connectivity index (χ4n) is 2.52. The second kappa shape index (κ2) is 6.17. The molecule has 0 aliphatic carbocycles. The van der Waals surface area contributed by atoms with E-state index in [4.69, 9.17) is 10.00 Å². The van der Waals surface area contributed by atoms with Gasteiger partial charge in [-0.3, -0.25) is 4.79 Å². The zero-order valence-corrected chi connectivity index (χ0v) is 12.9. The molecule has 0 radical (unpaired) electrons. The fourth-order valence-corrected chi connectivity index (χ4v) is 2.52. The van der Waals surface area contributed by atoms with Crippen LogP contribution in [0.3, 0.4) is 0 Å². The van der Waals surface area contributed by atoms with Crippen molar-refractivity contribution in [1.82, 2.24) is 4.90 Å². The molecule has 1 saturated heterocycles. The maximum Gasteiger partial charge on any atom is 0.223 e. The summed E-state index contributed by atoms with van der Waals surface area (Å²) in [5.41, 5.74) is 0.677. The monoisotopic (exact) mass is 286 g/mol. The predicted octanol–water partition coefficient (Wildman–Crippen LogP) is 2.83. The Morgan fingerprint density at radius 1 is 1.38 bits per heavy atom. The molecule has 4 heteroatoms. The molecule has 1 amide bonds. The van der Waals surface area contributed by atoms with E-state index in [9.17, 15) is 4.79 Å². The van der Waals surface area contributed by atoms with E-state index < -0.39 is 0 Å². The molecule has 0 aromatic heterocycles. The number of carbonyl (C=O) groups is 1. The number of carbonyl (C=O) groups excluding carboxylic acids is 1. The summed E-state index contributed by atoms with van der Waals surface area (Å²) in [6.45, 7) is 8.31. The van der Waals surface area contributed by atoms with Gasteiger partial charge in [0.25, 0.3) is 0 Å². The Balaban J connectivity index is 1.87. The number of hydrogen-bond acceptors (Lipinski definition) is 3. The van der Waals surface area contributed by atoms with Crippen LogP contribution in [0.4, 0.5) is 0 Å². The summed E-state index contributed by atoms with van der Waals surface area (Å²) in [5, 5.41) is 9.00. The Kier molecular flexibility index (Phi) is 4.52. The lowest BCUT2D eigenvalue weighted by atomic mass is 9.80. The van der Waals surface area contributed by atoms with Crippen molar-refractivity contribution >= 4 is 5.91 Å². The molecule has 21 heavy (non-hydrogen) atoms. The molecular weight excluding hydrogens is 264 g/mol. The quantitative estimate of drug-likeness (QED) is 0.855. The third-order valence-corrected chi connectivity index (χ3v) is 4.07. The molecule has 2 rings (SSSR count). The van der Waals surface area contributed by atoms with E-state index in [1.807, 2.05) is 17.0 Å². The van der Waals surface area contributed by atoms with Gasteiger partial charge in [0.05, 0.1) is 12.1 Å². The van der Waals surface area contributed by atoms with E-state index in [0.29, 0.717) is 36.8 Å². The van der Waals surface area contributed by atoms with Gasteiger partial charge in [0.15, 0.2) is 0 Å². The Morgan fingerprint density at radius 3 is 2.71 bits per heavy atom. The number of ether oxygens (including phenoxy) is 1. The van der Waals surface area contributed by atoms with E-state index in [1.54, 1.807) is 12.1 Å². The Hall–Kier alpha value is -2.02. The van der Waals surface area contributed by atoms with Gasteiger partial charge in [0.1, 0.15) is 18.4 Å². The third kappa shape index (κ3) is 3.75. The number of nitriles is 1. The highest BCUT2D eigenvalue weighted by molar-refractivity contribution is 5.78. The minimum Gasteiger partial charge on any atom is -0.490 e. The number of amides is 1. The highest BCUT2D eigenvalue weighted by atomic mass is 16.5. The van der Waals surface area contributed by atoms with Crippen LogP contribution in [0.5, 0.6) is 5.75 Å². The first-order chi connectivity index (χ1) is 9.91. The Labute approximate surface area is 126 Å². The molecule has 1 unspecified atom stereocenters. The number of hydrogen-bond donors (Lipinski definition) is 0. The number of rotatable bonds is 4. The maximum absolute atomic E-state index is 12.0. The van der Waals surface area contributed by atoms with Crippen molar-refractivity contribution in [2.24, 2.45) is 11.3 Å². The average Bonchev–Trinajstić information content (AvgIpc) is 2.81. The molecular formula is C17H22N2O2. The SMILES string of the molecule is CC(C)(C)C1CC(=O)N(CCOc2ccccc2C#N)C1. The van der Waals surface area contributed by atoms with E-state index in [1.165, 1.54) is 0 Å². The fraction of sp³-hybridized carbons (Fsp3) is 0.529. The van der Waals surface area contributed by atoms with Gasteiger partial charge in [-0.05, 0) is 23.5 Å². The van der Waals surface area contributed by atoms with E-state index in [2.05, 4.69) is 26.8 Å². The van der Waals surface area contributed by atoms with Crippen molar-refractivity contribution in [3.63, 3.8) is 0 Å². The van der Waals surface area contributed by atoms with Crippen molar-refractivity contribution in [3.8, 4) is 11.8 Å². The van der Waals surface area contributed by atoms with Crippen LogP contribution < -0.4 is 4.74 Å². The Morgan fingerprint density at radius 2 is 2.10 bits per heavy atom. The standard InChI is InChI=1S/C17H22N2O2/c1-17(2,3)14-10-16(20)19(12-14)8-9-21-15-7-5-4-6-13(15)11-18/h4-7,14H,8-10,12H2,1-3H3. The summed E-state index contributed by atoms with van der Waals surface area (Å²) in [6, 6.07) is 9.26. The van der Waals surface area contributed by atoms with E-state index >= 15 is 0 Å². The number of nitrogens with zero attached hydrogens (tertiary/aromatic N) is 2. The lowest BCUT2D eigenvalue weighted by Crippen LogP contribution is -2.31. The van der Waals surface area contributed by atoms with Gasteiger partial charge in [-0.15, -0.1) is 0 Å². The molecule has 112 valence electrons. The number of benzene rings is 1. The van der Waals surface area contributed by atoms with Crippen LogP contribution in [0.15, 0.2) is 24.3 Å². The second-order valence-corrected chi connectivity index (χ2v) is 6.56. The molecule has 4 nitrogen and oxygen atoms in total. The second-order valence-electron chi connectivity index (χ2n) is 6.56. The van der Waals surface area contributed by atoms with Crippen LogP contribution in [0.2, 0.25) is 0 Å². The molecule has 0 N–H and O–H groups in total. The summed E-state index contributed by atoms with van der Waals surface area (Å²) >= 11 is 0. The van der Waals surface area contributed by atoms with Crippen LogP contribution >= 0.6 is 0 Å². The summed E-state index contributed by atoms with van der Waals surface area (Å²) in [7, 11) is 0. The van der Waals surface area contributed by atoms with E-state index in [-0.39, 0.29) is 11.3 Å². The summed E-state index contributed by atoms with van der Waals surface area (Å²) in [5.74, 6) is 1.18. The first kappa shape index (κ1) is 15.4. The smallest absolute Gasteiger partial charge is 0.223 e. The molecule has 1 aromatic carbocycles. The molecule has 1 aromatic rings. The van der Waals surface area contributed by atoms with Crippen molar-refractivity contribution in [1.29, 1.82) is 5.26 Å². The minimum atomic E-state index is 0.151. The van der Waals surface area contributed by atoms with Crippen molar-refractivity contribution in [2.45, 2.75) is 27.2 Å². The van der Waals surface area contributed by atoms with Gasteiger partial charge in [-0.2, -0.15) is 5.26 Å². The minimum absolute atomic E-state index is 0.151. The van der Waals surface area contributed by atoms with Gasteiger partial charge in [0, 0.05) is 13.0 Å². The van der Waals surface area contributed by atoms with Crippen LogP contribution in [-0.2, 0) is 4.79 Å². The van der Waals surface area contributed by atoms with Crippen molar-refractivity contribution in [2.75, 3.05) is 19.7 Å². The van der Waals surface area contributed by atoms with Crippen LogP contribution in [0.25, 0.3) is 0 Å². The molecule has 0 bridgehead atoms. The van der Waals surface area contributed by atoms with Crippen molar-refractivity contribution in [3.05, 3.63) is 29.8 Å². The maximum atomic E-state index is 12.0. The van der Waals surface area contributed by atoms with E-state index in [0.717, 1.165) is 6.54 Å². The normalized spacial score (nSPS) is 18.7. The molecule has 1 fully saturated rings. The summed E-state index contributed by atoms with van der Waals surface area (Å²) < 4.78 is 5.64. The lowest BCUT2D eigenvalue weighted by molar-refractivity contribution is -0.128. The summed E-state index contributed by atoms with van der Waals surface area (Å²) in [6.07, 6.45) is 0.623. The van der Waals surface area contributed by atoms with Gasteiger partial charge in [0.2, 0.25) is 5.91 Å². The summed E-state index contributed by atoms with van der Waals surface area (Å²) in [4.78, 5) is 13.9. The first-order valence-corrected chi connectivity index (χ1v) is 7.31. The molecule has 1 heterocycles. The predicted molar refractivity (Wildman–Crippen MR) is 80.8 cm³/mol. The molecule has 0 saturated carbocycles. The average molecular weight is 286 g/mol. The van der Waals surface area contributed by atoms with Gasteiger partial charge < -0.3 is 9.64 Å². The Bertz CT molecular complexity index is 555. The lowest BCUT2D eigenvalue weighted by Gasteiger charge is -2.26. The van der Waals surface area contributed by atoms with Crippen LogP contribution in [-0.4, -0.2) is 30.5 Å². The number of para-hydroxylation sites is 1. The largest absolute Gasteiger partial charge is 0.490 e. The number of likely N-dealkylation sites (tertiary alicyclic amines) is 1. The molecule has 1 aliphatic rings. The third-order valence-electron chi connectivity index (χ3n) is 4.07. The molecule has 1 atom stereocenters. The van der Waals surface area contributed by atoms with Gasteiger partial charge >= 0.3 is 0 Å². The van der Waals surface area contributed by atoms with Crippen LogP contribution in [0, 0.1) is 22.7 Å². The van der Waals surface area contributed by atoms with Crippen molar-refractivity contribution < 1.29 is 9.53 Å². The molecule has 1 aliphatic heterocycles. The zero-order valence-electron chi connectivity index (χ0n) is 12.9. The molecule has 0 spiro atoms. The topological polar surface area (TPSA) is 53.3 Å². The highest BCUT2D eigenvalue weighted by Crippen LogP contribution is 2.34. The van der Waals surface area contributed by atoms with Gasteiger partial charge in [-0.1, -0.05) is 32.9 Å². The van der Waals surface area contributed by atoms with Crippen LogP contribution in [0.1, 0.15) is 32.8 Å². The highest BCUT2D eigenvalue weighted by Gasteiger charge is 2.36. The first-order valence-electron chi connectivity index (χ1n) is 7.31. The van der Waals surface area contributed by atoms with Gasteiger partial charge in [-0.25, -0.2) is 0 Å².